The molecule has 154 valence electrons. The second kappa shape index (κ2) is 9.05. The van der Waals surface area contributed by atoms with Crippen molar-refractivity contribution in [2.24, 2.45) is 0 Å². The van der Waals surface area contributed by atoms with Gasteiger partial charge in [0.25, 0.3) is 5.91 Å². The van der Waals surface area contributed by atoms with Gasteiger partial charge in [-0.25, -0.2) is 4.39 Å². The molecule has 1 fully saturated rings. The van der Waals surface area contributed by atoms with Crippen molar-refractivity contribution in [3.63, 3.8) is 0 Å². The van der Waals surface area contributed by atoms with Crippen LogP contribution in [-0.2, 0) is 4.79 Å². The molecule has 1 heterocycles. The Morgan fingerprint density at radius 2 is 1.83 bits per heavy atom. The van der Waals surface area contributed by atoms with Gasteiger partial charge in [-0.05, 0) is 49.7 Å². The molecule has 0 radical (unpaired) electrons. The molecule has 1 aliphatic rings. The van der Waals surface area contributed by atoms with Crippen LogP contribution in [0, 0.1) is 12.7 Å². The lowest BCUT2D eigenvalue weighted by atomic mass is 10.1. The first-order valence-electron chi connectivity index (χ1n) is 9.63. The van der Waals surface area contributed by atoms with Crippen LogP contribution in [0.25, 0.3) is 0 Å². The van der Waals surface area contributed by atoms with Gasteiger partial charge in [0.1, 0.15) is 11.6 Å². The van der Waals surface area contributed by atoms with Crippen molar-refractivity contribution in [1.82, 2.24) is 9.80 Å². The number of nitrogens with zero attached hydrogens (tertiary/aromatic N) is 2. The summed E-state index contributed by atoms with van der Waals surface area (Å²) in [6.45, 7) is 6.00. The zero-order chi connectivity index (χ0) is 21.0. The second-order valence-electron chi connectivity index (χ2n) is 7.19. The van der Waals surface area contributed by atoms with Crippen molar-refractivity contribution in [3.8, 4) is 5.75 Å². The fourth-order valence-electron chi connectivity index (χ4n) is 3.43. The minimum atomic E-state index is -0.393. The molecule has 7 heteroatoms. The van der Waals surface area contributed by atoms with E-state index >= 15 is 0 Å². The first kappa shape index (κ1) is 20.8. The van der Waals surface area contributed by atoms with Crippen molar-refractivity contribution in [2.45, 2.75) is 19.9 Å². The Balaban J connectivity index is 1.56. The Morgan fingerprint density at radius 1 is 1.10 bits per heavy atom. The summed E-state index contributed by atoms with van der Waals surface area (Å²) in [5.74, 6) is 0.0610. The van der Waals surface area contributed by atoms with E-state index in [4.69, 9.17) is 4.74 Å². The van der Waals surface area contributed by atoms with Gasteiger partial charge < -0.3 is 15.0 Å². The molecule has 1 unspecified atom stereocenters. The van der Waals surface area contributed by atoms with Crippen molar-refractivity contribution in [3.05, 3.63) is 59.4 Å². The summed E-state index contributed by atoms with van der Waals surface area (Å²) in [7, 11) is 1.59. The molecule has 0 saturated carbocycles. The molecule has 1 N–H and O–H groups in total. The zero-order valence-electron chi connectivity index (χ0n) is 16.9. The SMILES string of the molecule is COc1cc(C(=O)N2CCN(C(C)C(=O)Nc3cccc(F)c3)CC2)ccc1C. The number of piperazine rings is 1. The maximum Gasteiger partial charge on any atom is 0.254 e. The number of carbonyl (C=O) groups excluding carboxylic acids is 2. The van der Waals surface area contributed by atoms with Gasteiger partial charge in [-0.2, -0.15) is 0 Å². The van der Waals surface area contributed by atoms with Gasteiger partial charge in [-0.1, -0.05) is 12.1 Å². The van der Waals surface area contributed by atoms with Crippen LogP contribution in [-0.4, -0.2) is 60.9 Å². The summed E-state index contributed by atoms with van der Waals surface area (Å²) in [6, 6.07) is 10.9. The number of amides is 2. The molecular weight excluding hydrogens is 373 g/mol. The minimum Gasteiger partial charge on any atom is -0.496 e. The van der Waals surface area contributed by atoms with E-state index in [1.807, 2.05) is 30.9 Å². The van der Waals surface area contributed by atoms with Crippen molar-refractivity contribution in [2.75, 3.05) is 38.6 Å². The number of anilines is 1. The molecule has 2 amide bonds. The Hall–Kier alpha value is -2.93. The van der Waals surface area contributed by atoms with E-state index in [9.17, 15) is 14.0 Å². The first-order valence-corrected chi connectivity index (χ1v) is 9.63. The Labute approximate surface area is 170 Å². The highest BCUT2D eigenvalue weighted by atomic mass is 19.1. The zero-order valence-corrected chi connectivity index (χ0v) is 16.9. The fraction of sp³-hybridized carbons (Fsp3) is 0.364. The van der Waals surface area contributed by atoms with Crippen molar-refractivity contribution < 1.29 is 18.7 Å². The number of nitrogens with one attached hydrogen (secondary N) is 1. The predicted molar refractivity (Wildman–Crippen MR) is 110 cm³/mol. The molecule has 1 atom stereocenters. The molecular formula is C22H26FN3O3. The highest BCUT2D eigenvalue weighted by Gasteiger charge is 2.28. The maximum absolute atomic E-state index is 13.3. The van der Waals surface area contributed by atoms with Gasteiger partial charge in [0.05, 0.1) is 13.2 Å². The van der Waals surface area contributed by atoms with E-state index in [0.29, 0.717) is 43.2 Å². The summed E-state index contributed by atoms with van der Waals surface area (Å²) in [4.78, 5) is 29.1. The lowest BCUT2D eigenvalue weighted by Gasteiger charge is -2.37. The average molecular weight is 399 g/mol. The third-order valence-electron chi connectivity index (χ3n) is 5.28. The summed E-state index contributed by atoms with van der Waals surface area (Å²) >= 11 is 0. The average Bonchev–Trinajstić information content (AvgIpc) is 2.73. The third-order valence-corrected chi connectivity index (χ3v) is 5.28. The molecule has 2 aromatic carbocycles. The van der Waals surface area contributed by atoms with Crippen LogP contribution < -0.4 is 10.1 Å². The predicted octanol–water partition coefficient (Wildman–Crippen LogP) is 2.93. The van der Waals surface area contributed by atoms with Crippen LogP contribution in [0.4, 0.5) is 10.1 Å². The normalized spacial score (nSPS) is 15.7. The number of ether oxygens (including phenoxy) is 1. The first-order chi connectivity index (χ1) is 13.9. The Bertz CT molecular complexity index is 895. The lowest BCUT2D eigenvalue weighted by Crippen LogP contribution is -2.54. The van der Waals surface area contributed by atoms with E-state index < -0.39 is 5.82 Å². The molecule has 0 aliphatic carbocycles. The molecule has 3 rings (SSSR count). The number of methoxy groups -OCH3 is 1. The number of halogens is 1. The van der Waals surface area contributed by atoms with E-state index in [1.54, 1.807) is 30.2 Å². The molecule has 1 aliphatic heterocycles. The molecule has 1 saturated heterocycles. The van der Waals surface area contributed by atoms with Crippen LogP contribution in [0.1, 0.15) is 22.8 Å². The van der Waals surface area contributed by atoms with E-state index in [2.05, 4.69) is 5.32 Å². The second-order valence-corrected chi connectivity index (χ2v) is 7.19. The van der Waals surface area contributed by atoms with Gasteiger partial charge in [0.2, 0.25) is 5.91 Å². The summed E-state index contributed by atoms with van der Waals surface area (Å²) < 4.78 is 18.6. The van der Waals surface area contributed by atoms with Gasteiger partial charge >= 0.3 is 0 Å². The lowest BCUT2D eigenvalue weighted by molar-refractivity contribution is -0.121. The molecule has 0 aromatic heterocycles. The van der Waals surface area contributed by atoms with E-state index in [0.717, 1.165) is 5.56 Å². The van der Waals surface area contributed by atoms with Crippen molar-refractivity contribution in [1.29, 1.82) is 0 Å². The van der Waals surface area contributed by atoms with Crippen LogP contribution in [0.3, 0.4) is 0 Å². The maximum atomic E-state index is 13.3. The molecule has 6 nitrogen and oxygen atoms in total. The summed E-state index contributed by atoms with van der Waals surface area (Å²) in [5.41, 5.74) is 2.01. The monoisotopic (exact) mass is 399 g/mol. The standard InChI is InChI=1S/C22H26FN3O3/c1-15-7-8-17(13-20(15)29-3)22(28)26-11-9-25(10-12-26)16(2)21(27)24-19-6-4-5-18(23)14-19/h4-8,13-14,16H,9-12H2,1-3H3,(H,24,27). The van der Waals surface area contributed by atoms with Crippen molar-refractivity contribution >= 4 is 17.5 Å². The topological polar surface area (TPSA) is 61.9 Å². The molecule has 2 aromatic rings. The molecule has 29 heavy (non-hydrogen) atoms. The van der Waals surface area contributed by atoms with Gasteiger partial charge in [0, 0.05) is 37.4 Å². The molecule has 0 spiro atoms. The fourth-order valence-corrected chi connectivity index (χ4v) is 3.43. The summed E-state index contributed by atoms with van der Waals surface area (Å²) in [5, 5.41) is 2.74. The van der Waals surface area contributed by atoms with Crippen LogP contribution in [0.5, 0.6) is 5.75 Å². The highest BCUT2D eigenvalue weighted by molar-refractivity contribution is 5.95. The van der Waals surface area contributed by atoms with E-state index in [1.165, 1.54) is 12.1 Å². The number of hydrogen-bond donors (Lipinski definition) is 1. The molecule has 0 bridgehead atoms. The third kappa shape index (κ3) is 4.92. The quantitative estimate of drug-likeness (QED) is 0.840. The number of rotatable bonds is 5. The summed E-state index contributed by atoms with van der Waals surface area (Å²) in [6.07, 6.45) is 0. The van der Waals surface area contributed by atoms with Crippen LogP contribution >= 0.6 is 0 Å². The number of carbonyl (C=O) groups is 2. The smallest absolute Gasteiger partial charge is 0.254 e. The number of hydrogen-bond acceptors (Lipinski definition) is 4. The van der Waals surface area contributed by atoms with E-state index in [-0.39, 0.29) is 17.9 Å². The van der Waals surface area contributed by atoms with Gasteiger partial charge in [-0.3, -0.25) is 14.5 Å². The minimum absolute atomic E-state index is 0.0418. The largest absolute Gasteiger partial charge is 0.496 e. The van der Waals surface area contributed by atoms with Gasteiger partial charge in [-0.15, -0.1) is 0 Å². The Kier molecular flexibility index (Phi) is 6.49. The number of aryl methyl sites for hydroxylation is 1. The highest BCUT2D eigenvalue weighted by Crippen LogP contribution is 2.21. The van der Waals surface area contributed by atoms with Crippen LogP contribution in [0.2, 0.25) is 0 Å². The Morgan fingerprint density at radius 3 is 2.48 bits per heavy atom. The van der Waals surface area contributed by atoms with Gasteiger partial charge in [0.15, 0.2) is 0 Å². The number of benzene rings is 2. The van der Waals surface area contributed by atoms with Crippen LogP contribution in [0.15, 0.2) is 42.5 Å².